The molecule has 100 valence electrons. The van der Waals surface area contributed by atoms with Crippen molar-refractivity contribution in [1.29, 1.82) is 0 Å². The Morgan fingerprint density at radius 1 is 1.61 bits per heavy atom. The lowest BCUT2D eigenvalue weighted by Crippen LogP contribution is -2.33. The van der Waals surface area contributed by atoms with Gasteiger partial charge in [0.1, 0.15) is 0 Å². The van der Waals surface area contributed by atoms with Crippen molar-refractivity contribution in [3.8, 4) is 0 Å². The molecule has 2 heterocycles. The van der Waals surface area contributed by atoms with Crippen molar-refractivity contribution in [3.63, 3.8) is 0 Å². The molecule has 1 aromatic heterocycles. The summed E-state index contributed by atoms with van der Waals surface area (Å²) in [5, 5.41) is 14.2. The largest absolute Gasteiger partial charge is 0.406 e. The molecule has 1 fully saturated rings. The third-order valence-electron chi connectivity index (χ3n) is 3.30. The molecule has 7 nitrogen and oxygen atoms in total. The van der Waals surface area contributed by atoms with E-state index < -0.39 is 4.92 Å². The number of ether oxygens (including phenoxy) is 1. The van der Waals surface area contributed by atoms with Crippen molar-refractivity contribution >= 4 is 11.6 Å². The molecular weight excluding hydrogens is 236 g/mol. The van der Waals surface area contributed by atoms with Crippen LogP contribution in [0, 0.1) is 17.0 Å². The summed E-state index contributed by atoms with van der Waals surface area (Å²) in [6.45, 7) is 4.45. The zero-order valence-electron chi connectivity index (χ0n) is 10.8. The first kappa shape index (κ1) is 12.8. The number of nitrogens with one attached hydrogen (secondary N) is 1. The van der Waals surface area contributed by atoms with Crippen LogP contribution in [-0.4, -0.2) is 33.2 Å². The second-order valence-electron chi connectivity index (χ2n) is 4.69. The molecule has 2 atom stereocenters. The van der Waals surface area contributed by atoms with E-state index in [-0.39, 0.29) is 18.0 Å². The van der Waals surface area contributed by atoms with E-state index in [0.29, 0.717) is 18.2 Å². The minimum Gasteiger partial charge on any atom is -0.378 e. The Morgan fingerprint density at radius 2 is 2.33 bits per heavy atom. The standard InChI is InChI=1S/C11H18N4O3/c1-7-6-9(4-5-18-7)13-10-11(15(16)17)12-8(2)14(10)3/h7,9,13H,4-6H2,1-3H3. The lowest BCUT2D eigenvalue weighted by atomic mass is 10.0. The highest BCUT2D eigenvalue weighted by atomic mass is 16.6. The highest BCUT2D eigenvalue weighted by Gasteiger charge is 2.27. The van der Waals surface area contributed by atoms with Crippen molar-refractivity contribution in [1.82, 2.24) is 9.55 Å². The second kappa shape index (κ2) is 4.93. The predicted molar refractivity (Wildman–Crippen MR) is 66.7 cm³/mol. The number of nitro groups is 1. The molecule has 0 radical (unpaired) electrons. The molecule has 2 unspecified atom stereocenters. The van der Waals surface area contributed by atoms with Gasteiger partial charge in [-0.2, -0.15) is 0 Å². The van der Waals surface area contributed by atoms with Gasteiger partial charge in [0.2, 0.25) is 11.6 Å². The number of anilines is 1. The fourth-order valence-corrected chi connectivity index (χ4v) is 2.20. The van der Waals surface area contributed by atoms with Crippen LogP contribution in [0.2, 0.25) is 0 Å². The number of aryl methyl sites for hydroxylation is 1. The number of rotatable bonds is 3. The van der Waals surface area contributed by atoms with E-state index in [4.69, 9.17) is 4.74 Å². The smallest absolute Gasteiger partial charge is 0.378 e. The molecule has 0 bridgehead atoms. The lowest BCUT2D eigenvalue weighted by molar-refractivity contribution is -0.388. The summed E-state index contributed by atoms with van der Waals surface area (Å²) in [7, 11) is 1.78. The second-order valence-corrected chi connectivity index (χ2v) is 4.69. The number of aromatic nitrogens is 2. The van der Waals surface area contributed by atoms with Gasteiger partial charge in [0.25, 0.3) is 0 Å². The number of imidazole rings is 1. The molecule has 0 spiro atoms. The number of nitrogens with zero attached hydrogens (tertiary/aromatic N) is 3. The molecule has 2 rings (SSSR count). The van der Waals surface area contributed by atoms with E-state index in [1.54, 1.807) is 18.5 Å². The molecule has 0 saturated carbocycles. The minimum atomic E-state index is -0.446. The van der Waals surface area contributed by atoms with Crippen molar-refractivity contribution in [2.24, 2.45) is 7.05 Å². The average Bonchev–Trinajstić information content (AvgIpc) is 2.57. The van der Waals surface area contributed by atoms with Crippen LogP contribution in [0.1, 0.15) is 25.6 Å². The van der Waals surface area contributed by atoms with Crippen LogP contribution < -0.4 is 5.32 Å². The van der Waals surface area contributed by atoms with Gasteiger partial charge in [0.05, 0.1) is 6.10 Å². The Labute approximate surface area is 105 Å². The van der Waals surface area contributed by atoms with Gasteiger partial charge in [0, 0.05) is 26.6 Å². The first-order valence-corrected chi connectivity index (χ1v) is 6.05. The van der Waals surface area contributed by atoms with Crippen LogP contribution in [0.15, 0.2) is 0 Å². The summed E-state index contributed by atoms with van der Waals surface area (Å²) < 4.78 is 7.18. The monoisotopic (exact) mass is 254 g/mol. The molecule has 1 N–H and O–H groups in total. The van der Waals surface area contributed by atoms with Crippen molar-refractivity contribution < 1.29 is 9.66 Å². The summed E-state index contributed by atoms with van der Waals surface area (Å²) in [5.41, 5.74) is 0. The van der Waals surface area contributed by atoms with Crippen LogP contribution in [0.25, 0.3) is 0 Å². The first-order chi connectivity index (χ1) is 8.49. The fourth-order valence-electron chi connectivity index (χ4n) is 2.20. The van der Waals surface area contributed by atoms with Crippen molar-refractivity contribution in [2.75, 3.05) is 11.9 Å². The lowest BCUT2D eigenvalue weighted by Gasteiger charge is -2.28. The van der Waals surface area contributed by atoms with Gasteiger partial charge < -0.3 is 20.2 Å². The van der Waals surface area contributed by atoms with Gasteiger partial charge in [-0.1, -0.05) is 0 Å². The molecule has 0 amide bonds. The summed E-state index contributed by atoms with van der Waals surface area (Å²) in [4.78, 5) is 14.5. The number of hydrogen-bond donors (Lipinski definition) is 1. The van der Waals surface area contributed by atoms with E-state index in [0.717, 1.165) is 12.8 Å². The number of hydrogen-bond acceptors (Lipinski definition) is 5. The Hall–Kier alpha value is -1.63. The molecule has 1 saturated heterocycles. The summed E-state index contributed by atoms with van der Waals surface area (Å²) in [6, 6.07) is 0.197. The summed E-state index contributed by atoms with van der Waals surface area (Å²) >= 11 is 0. The first-order valence-electron chi connectivity index (χ1n) is 6.05. The highest BCUT2D eigenvalue weighted by molar-refractivity contribution is 5.54. The predicted octanol–water partition coefficient (Wildman–Crippen LogP) is 1.62. The topological polar surface area (TPSA) is 82.2 Å². The molecule has 1 aliphatic rings. The molecule has 0 aliphatic carbocycles. The van der Waals surface area contributed by atoms with Crippen LogP contribution in [-0.2, 0) is 11.8 Å². The normalized spacial score (nSPS) is 23.9. The van der Waals surface area contributed by atoms with Gasteiger partial charge in [-0.05, 0) is 29.7 Å². The Bertz CT molecular complexity index is 457. The van der Waals surface area contributed by atoms with Gasteiger partial charge in [-0.25, -0.2) is 0 Å². The summed E-state index contributed by atoms with van der Waals surface area (Å²) in [6.07, 6.45) is 1.89. The van der Waals surface area contributed by atoms with Crippen LogP contribution >= 0.6 is 0 Å². The third-order valence-corrected chi connectivity index (χ3v) is 3.30. The maximum atomic E-state index is 11.0. The molecule has 1 aliphatic heterocycles. The van der Waals surface area contributed by atoms with Gasteiger partial charge in [0.15, 0.2) is 0 Å². The zero-order chi connectivity index (χ0) is 13.3. The molecule has 18 heavy (non-hydrogen) atoms. The fraction of sp³-hybridized carbons (Fsp3) is 0.727. The third kappa shape index (κ3) is 2.45. The van der Waals surface area contributed by atoms with E-state index in [1.807, 2.05) is 6.92 Å². The van der Waals surface area contributed by atoms with Gasteiger partial charge in [-0.3, -0.25) is 4.57 Å². The molecule has 7 heteroatoms. The highest BCUT2D eigenvalue weighted by Crippen LogP contribution is 2.27. The maximum Gasteiger partial charge on any atom is 0.406 e. The van der Waals surface area contributed by atoms with E-state index in [2.05, 4.69) is 10.3 Å². The van der Waals surface area contributed by atoms with E-state index in [9.17, 15) is 10.1 Å². The van der Waals surface area contributed by atoms with E-state index in [1.165, 1.54) is 0 Å². The maximum absolute atomic E-state index is 11.0. The quantitative estimate of drug-likeness (QED) is 0.654. The molecule has 0 aromatic carbocycles. The Morgan fingerprint density at radius 3 is 2.94 bits per heavy atom. The SMILES string of the molecule is Cc1nc([N+](=O)[O-])c(NC2CCOC(C)C2)n1C. The van der Waals surface area contributed by atoms with Crippen LogP contribution in [0.4, 0.5) is 11.6 Å². The molecule has 1 aromatic rings. The zero-order valence-corrected chi connectivity index (χ0v) is 10.8. The average molecular weight is 254 g/mol. The van der Waals surface area contributed by atoms with Crippen LogP contribution in [0.5, 0.6) is 0 Å². The van der Waals surface area contributed by atoms with Crippen LogP contribution in [0.3, 0.4) is 0 Å². The van der Waals surface area contributed by atoms with E-state index >= 15 is 0 Å². The minimum absolute atomic E-state index is 0.103. The Balaban J connectivity index is 2.20. The van der Waals surface area contributed by atoms with Crippen molar-refractivity contribution in [3.05, 3.63) is 15.9 Å². The Kier molecular flexibility index (Phi) is 3.51. The van der Waals surface area contributed by atoms with Crippen molar-refractivity contribution in [2.45, 2.75) is 38.8 Å². The summed E-state index contributed by atoms with van der Waals surface area (Å²) in [5.74, 6) is 1.01. The molecular formula is C11H18N4O3. The van der Waals surface area contributed by atoms with Gasteiger partial charge >= 0.3 is 5.82 Å². The van der Waals surface area contributed by atoms with Gasteiger partial charge in [-0.15, -0.1) is 0 Å².